The smallest absolute Gasteiger partial charge is 0.345 e. The summed E-state index contributed by atoms with van der Waals surface area (Å²) in [6, 6.07) is 1.60. The lowest BCUT2D eigenvalue weighted by molar-refractivity contribution is 0.0702. The predicted molar refractivity (Wildman–Crippen MR) is 34.9 cm³/mol. The summed E-state index contributed by atoms with van der Waals surface area (Å²) in [5.41, 5.74) is 0.886. The van der Waals surface area contributed by atoms with Gasteiger partial charge in [-0.05, 0) is 18.6 Å². The second kappa shape index (κ2) is 2.19. The van der Waals surface area contributed by atoms with Crippen molar-refractivity contribution in [3.05, 3.63) is 21.9 Å². The van der Waals surface area contributed by atoms with Crippen LogP contribution in [0.1, 0.15) is 15.2 Å². The standard InChI is InChI=1S/C6H5O2S/c1-4-2-5(6(7)8)9-3-4/h2H,1H3,(H,7,8). The minimum Gasteiger partial charge on any atom is -0.477 e. The van der Waals surface area contributed by atoms with E-state index >= 15 is 0 Å². The summed E-state index contributed by atoms with van der Waals surface area (Å²) in [5.74, 6) is -0.871. The molecule has 1 aromatic rings. The lowest BCUT2D eigenvalue weighted by Gasteiger charge is -1.79. The van der Waals surface area contributed by atoms with Crippen molar-refractivity contribution in [1.29, 1.82) is 0 Å². The summed E-state index contributed by atoms with van der Waals surface area (Å²) >= 11 is 1.13. The maximum absolute atomic E-state index is 10.2. The summed E-state index contributed by atoms with van der Waals surface area (Å²) < 4.78 is 0. The average Bonchev–Trinajstić information content (AvgIpc) is 2.14. The fraction of sp³-hybridized carbons (Fsp3) is 0.167. The molecule has 1 aromatic heterocycles. The molecule has 0 spiro atoms. The van der Waals surface area contributed by atoms with Gasteiger partial charge in [0.2, 0.25) is 0 Å². The summed E-state index contributed by atoms with van der Waals surface area (Å²) in [6.45, 7) is 1.82. The molecular formula is C6H5O2S. The highest BCUT2D eigenvalue weighted by atomic mass is 32.1. The van der Waals surface area contributed by atoms with Crippen LogP contribution in [0.25, 0.3) is 0 Å². The number of hydrogen-bond donors (Lipinski definition) is 1. The molecule has 0 aliphatic rings. The fourth-order valence-electron chi connectivity index (χ4n) is 0.496. The molecule has 47 valence electrons. The van der Waals surface area contributed by atoms with Crippen LogP contribution in [-0.2, 0) is 0 Å². The third-order valence-electron chi connectivity index (χ3n) is 0.880. The van der Waals surface area contributed by atoms with E-state index < -0.39 is 5.97 Å². The Bertz CT molecular complexity index is 227. The molecule has 1 heterocycles. The molecule has 0 unspecified atom stereocenters. The lowest BCUT2D eigenvalue weighted by Crippen LogP contribution is -1.89. The van der Waals surface area contributed by atoms with Crippen LogP contribution in [0.5, 0.6) is 0 Å². The molecule has 0 aromatic carbocycles. The maximum atomic E-state index is 10.2. The molecule has 0 saturated heterocycles. The molecule has 1 rings (SSSR count). The zero-order valence-electron chi connectivity index (χ0n) is 4.84. The Labute approximate surface area is 56.8 Å². The average molecular weight is 141 g/mol. The summed E-state index contributed by atoms with van der Waals surface area (Å²) in [5, 5.41) is 11.2. The zero-order chi connectivity index (χ0) is 6.85. The highest BCUT2D eigenvalue weighted by Crippen LogP contribution is 2.11. The number of aromatic carboxylic acids is 1. The molecule has 1 radical (unpaired) electrons. The SMILES string of the molecule is Cc1[c]sc(C(=O)O)c1. The van der Waals surface area contributed by atoms with Gasteiger partial charge in [-0.3, -0.25) is 0 Å². The second-order valence-corrected chi connectivity index (χ2v) is 2.55. The molecule has 0 atom stereocenters. The van der Waals surface area contributed by atoms with Crippen LogP contribution in [0.2, 0.25) is 0 Å². The third kappa shape index (κ3) is 1.29. The van der Waals surface area contributed by atoms with Crippen molar-refractivity contribution in [2.45, 2.75) is 6.92 Å². The van der Waals surface area contributed by atoms with Crippen molar-refractivity contribution in [3.8, 4) is 0 Å². The van der Waals surface area contributed by atoms with Crippen LogP contribution in [0.4, 0.5) is 0 Å². The molecule has 0 saturated carbocycles. The van der Waals surface area contributed by atoms with Crippen LogP contribution in [0, 0.1) is 12.3 Å². The first kappa shape index (κ1) is 6.29. The molecule has 0 bridgehead atoms. The van der Waals surface area contributed by atoms with Crippen molar-refractivity contribution < 1.29 is 9.90 Å². The summed E-state index contributed by atoms with van der Waals surface area (Å²) in [6.07, 6.45) is 0. The van der Waals surface area contributed by atoms with Crippen molar-refractivity contribution in [1.82, 2.24) is 0 Å². The predicted octanol–water partition coefficient (Wildman–Crippen LogP) is 1.55. The Balaban J connectivity index is 2.98. The van der Waals surface area contributed by atoms with Crippen LogP contribution < -0.4 is 0 Å². The van der Waals surface area contributed by atoms with Gasteiger partial charge in [0.15, 0.2) is 0 Å². The monoisotopic (exact) mass is 141 g/mol. The van der Waals surface area contributed by atoms with Gasteiger partial charge in [0.05, 0.1) is 0 Å². The Kier molecular flexibility index (Phi) is 1.53. The fourth-order valence-corrected chi connectivity index (χ4v) is 1.15. The van der Waals surface area contributed by atoms with E-state index in [2.05, 4.69) is 5.38 Å². The minimum absolute atomic E-state index is 0.354. The molecule has 0 aliphatic carbocycles. The summed E-state index contributed by atoms with van der Waals surface area (Å²) in [7, 11) is 0. The zero-order valence-corrected chi connectivity index (χ0v) is 5.66. The number of carboxylic acids is 1. The molecule has 2 nitrogen and oxygen atoms in total. The van der Waals surface area contributed by atoms with Crippen LogP contribution in [-0.4, -0.2) is 11.1 Å². The number of rotatable bonds is 1. The summed E-state index contributed by atoms with van der Waals surface area (Å²) in [4.78, 5) is 10.6. The normalized spacial score (nSPS) is 9.44. The van der Waals surface area contributed by atoms with E-state index in [1.54, 1.807) is 6.07 Å². The van der Waals surface area contributed by atoms with Gasteiger partial charge < -0.3 is 5.11 Å². The van der Waals surface area contributed by atoms with E-state index in [1.165, 1.54) is 0 Å². The molecule has 0 amide bonds. The van der Waals surface area contributed by atoms with Crippen LogP contribution >= 0.6 is 11.3 Å². The van der Waals surface area contributed by atoms with E-state index in [1.807, 2.05) is 6.92 Å². The van der Waals surface area contributed by atoms with E-state index in [4.69, 9.17) is 5.11 Å². The first-order chi connectivity index (χ1) is 4.20. The molecule has 3 heteroatoms. The third-order valence-corrected chi connectivity index (χ3v) is 1.82. The van der Waals surface area contributed by atoms with Gasteiger partial charge in [0.1, 0.15) is 4.88 Å². The lowest BCUT2D eigenvalue weighted by atomic mass is 10.3. The quantitative estimate of drug-likeness (QED) is 0.644. The van der Waals surface area contributed by atoms with Gasteiger partial charge in [0, 0.05) is 5.38 Å². The van der Waals surface area contributed by atoms with Crippen molar-refractivity contribution >= 4 is 17.3 Å². The van der Waals surface area contributed by atoms with Gasteiger partial charge in [-0.15, -0.1) is 11.3 Å². The second-order valence-electron chi connectivity index (χ2n) is 1.70. The number of carboxylic acid groups (broad SMARTS) is 1. The number of thiophene rings is 1. The van der Waals surface area contributed by atoms with Crippen molar-refractivity contribution in [3.63, 3.8) is 0 Å². The van der Waals surface area contributed by atoms with Crippen LogP contribution in [0.3, 0.4) is 0 Å². The van der Waals surface area contributed by atoms with E-state index in [-0.39, 0.29) is 0 Å². The Morgan fingerprint density at radius 2 is 2.56 bits per heavy atom. The maximum Gasteiger partial charge on any atom is 0.345 e. The molecular weight excluding hydrogens is 136 g/mol. The topological polar surface area (TPSA) is 37.3 Å². The number of carbonyl (C=O) groups is 1. The van der Waals surface area contributed by atoms with Gasteiger partial charge in [-0.25, -0.2) is 4.79 Å². The largest absolute Gasteiger partial charge is 0.477 e. The first-order valence-corrected chi connectivity index (χ1v) is 3.23. The Morgan fingerprint density at radius 3 is 2.78 bits per heavy atom. The van der Waals surface area contributed by atoms with Gasteiger partial charge in [-0.1, -0.05) is 0 Å². The van der Waals surface area contributed by atoms with Crippen molar-refractivity contribution in [2.24, 2.45) is 0 Å². The van der Waals surface area contributed by atoms with E-state index in [0.717, 1.165) is 16.9 Å². The van der Waals surface area contributed by atoms with Crippen LogP contribution in [0.15, 0.2) is 6.07 Å². The van der Waals surface area contributed by atoms with Gasteiger partial charge in [0.25, 0.3) is 0 Å². The van der Waals surface area contributed by atoms with Gasteiger partial charge in [-0.2, -0.15) is 0 Å². The van der Waals surface area contributed by atoms with E-state index in [9.17, 15) is 4.79 Å². The highest BCUT2D eigenvalue weighted by Gasteiger charge is 2.03. The highest BCUT2D eigenvalue weighted by molar-refractivity contribution is 7.11. The number of aryl methyl sites for hydroxylation is 1. The first-order valence-electron chi connectivity index (χ1n) is 2.41. The minimum atomic E-state index is -0.871. The molecule has 0 fully saturated rings. The molecule has 9 heavy (non-hydrogen) atoms. The van der Waals surface area contributed by atoms with E-state index in [0.29, 0.717) is 4.88 Å². The van der Waals surface area contributed by atoms with Crippen molar-refractivity contribution in [2.75, 3.05) is 0 Å². The molecule has 0 aliphatic heterocycles. The van der Waals surface area contributed by atoms with Gasteiger partial charge >= 0.3 is 5.97 Å². The molecule has 1 N–H and O–H groups in total. The number of hydrogen-bond acceptors (Lipinski definition) is 2. The Morgan fingerprint density at radius 1 is 1.89 bits per heavy atom. The Hall–Kier alpha value is -0.830.